The quantitative estimate of drug-likeness (QED) is 0.704. The number of nitrogens with one attached hydrogen (secondary N) is 2. The Labute approximate surface area is 194 Å². The molecule has 2 fully saturated rings. The van der Waals surface area contributed by atoms with Crippen LogP contribution in [0.25, 0.3) is 17.0 Å². The van der Waals surface area contributed by atoms with Gasteiger partial charge < -0.3 is 10.7 Å². The first-order valence-electron chi connectivity index (χ1n) is 11.8. The van der Waals surface area contributed by atoms with Gasteiger partial charge in [-0.1, -0.05) is 31.4 Å². The molecule has 33 heavy (non-hydrogen) atoms. The number of aliphatic imine (C=N–C) groups is 1. The Bertz CT molecular complexity index is 1220. The number of fused-ring (bicyclic) bond motifs is 1. The number of rotatable bonds is 5. The number of hydrogen-bond acceptors (Lipinski definition) is 5. The molecule has 2 N–H and O–H groups in total. The van der Waals surface area contributed by atoms with Crippen LogP contribution in [0.2, 0.25) is 0 Å². The van der Waals surface area contributed by atoms with Gasteiger partial charge in [0.2, 0.25) is 10.0 Å². The van der Waals surface area contributed by atoms with Crippen LogP contribution in [-0.2, 0) is 14.8 Å². The molecule has 2 aromatic rings. The predicted molar refractivity (Wildman–Crippen MR) is 131 cm³/mol. The van der Waals surface area contributed by atoms with Crippen molar-refractivity contribution in [2.45, 2.75) is 50.5 Å². The SMILES string of the molecule is CNn1ccc2c(/C=C/S(=O)(=O)N3CCC4(CC3)N=C(C3CCCCC3)NC4=O)cccc21. The van der Waals surface area contributed by atoms with Crippen LogP contribution in [0.5, 0.6) is 0 Å². The van der Waals surface area contributed by atoms with E-state index in [1.807, 2.05) is 42.2 Å². The van der Waals surface area contributed by atoms with Crippen LogP contribution < -0.4 is 10.7 Å². The lowest BCUT2D eigenvalue weighted by Crippen LogP contribution is -2.50. The fourth-order valence-corrected chi connectivity index (χ4v) is 6.52. The number of amidine groups is 1. The number of carbonyl (C=O) groups excluding carboxylic acids is 1. The number of nitrogens with zero attached hydrogens (tertiary/aromatic N) is 3. The first-order chi connectivity index (χ1) is 15.9. The average molecular weight is 470 g/mol. The van der Waals surface area contributed by atoms with Crippen LogP contribution in [-0.4, -0.2) is 54.8 Å². The molecule has 1 saturated carbocycles. The fourth-order valence-electron chi connectivity index (χ4n) is 5.34. The summed E-state index contributed by atoms with van der Waals surface area (Å²) in [6.07, 6.45) is 10.2. The number of carbonyl (C=O) groups is 1. The summed E-state index contributed by atoms with van der Waals surface area (Å²) in [5.74, 6) is 1.11. The van der Waals surface area contributed by atoms with Crippen molar-refractivity contribution in [3.63, 3.8) is 0 Å². The highest BCUT2D eigenvalue weighted by molar-refractivity contribution is 7.92. The minimum Gasteiger partial charge on any atom is -0.329 e. The Kier molecular flexibility index (Phi) is 5.78. The van der Waals surface area contributed by atoms with Crippen molar-refractivity contribution in [2.75, 3.05) is 25.6 Å². The maximum atomic E-state index is 13.0. The molecular weight excluding hydrogens is 438 g/mol. The highest BCUT2D eigenvalue weighted by Crippen LogP contribution is 2.35. The number of benzene rings is 1. The third-order valence-corrected chi connectivity index (χ3v) is 8.89. The van der Waals surface area contributed by atoms with Gasteiger partial charge >= 0.3 is 0 Å². The van der Waals surface area contributed by atoms with Crippen molar-refractivity contribution >= 4 is 38.7 Å². The second kappa shape index (κ2) is 8.61. The van der Waals surface area contributed by atoms with E-state index in [1.54, 1.807) is 6.08 Å². The first kappa shape index (κ1) is 22.2. The van der Waals surface area contributed by atoms with E-state index >= 15 is 0 Å². The molecule has 1 amide bonds. The lowest BCUT2D eigenvalue weighted by Gasteiger charge is -2.34. The molecule has 1 spiro atoms. The number of piperidine rings is 1. The third kappa shape index (κ3) is 4.08. The summed E-state index contributed by atoms with van der Waals surface area (Å²) in [7, 11) is -1.76. The van der Waals surface area contributed by atoms with Crippen molar-refractivity contribution in [3.05, 3.63) is 41.4 Å². The monoisotopic (exact) mass is 469 g/mol. The van der Waals surface area contributed by atoms with E-state index in [2.05, 4.69) is 10.7 Å². The van der Waals surface area contributed by atoms with E-state index in [4.69, 9.17) is 4.99 Å². The molecule has 2 aliphatic heterocycles. The Balaban J connectivity index is 1.29. The zero-order chi connectivity index (χ0) is 23.1. The normalized spacial score (nSPS) is 22.2. The van der Waals surface area contributed by atoms with Crippen molar-refractivity contribution in [1.82, 2.24) is 14.3 Å². The molecule has 5 rings (SSSR count). The van der Waals surface area contributed by atoms with E-state index in [-0.39, 0.29) is 5.91 Å². The van der Waals surface area contributed by atoms with Crippen LogP contribution >= 0.6 is 0 Å². The molecule has 8 nitrogen and oxygen atoms in total. The molecule has 0 unspecified atom stereocenters. The molecule has 0 atom stereocenters. The molecule has 1 saturated heterocycles. The summed E-state index contributed by atoms with van der Waals surface area (Å²) in [5, 5.41) is 5.28. The number of amides is 1. The van der Waals surface area contributed by atoms with Crippen molar-refractivity contribution in [2.24, 2.45) is 10.9 Å². The Morgan fingerprint density at radius 3 is 2.64 bits per heavy atom. The van der Waals surface area contributed by atoms with Gasteiger partial charge in [0.25, 0.3) is 5.91 Å². The maximum absolute atomic E-state index is 13.0. The summed E-state index contributed by atoms with van der Waals surface area (Å²) in [4.78, 5) is 17.7. The van der Waals surface area contributed by atoms with Crippen LogP contribution in [0.1, 0.15) is 50.5 Å². The number of hydrogen-bond donors (Lipinski definition) is 2. The van der Waals surface area contributed by atoms with E-state index < -0.39 is 15.6 Å². The standard InChI is InChI=1S/C24H31N5O3S/c1-25-29-14-10-20-18(8-5-9-21(20)29)11-17-33(31,32)28-15-12-24(13-16-28)23(30)26-22(27-24)19-6-3-2-4-7-19/h5,8-11,14,17,19,25H,2-4,6-7,12-13,15-16H2,1H3,(H,26,27,30)/b17-11+. The minimum absolute atomic E-state index is 0.0589. The summed E-state index contributed by atoms with van der Waals surface area (Å²) in [6.45, 7) is 0.587. The van der Waals surface area contributed by atoms with E-state index in [0.717, 1.165) is 35.1 Å². The Morgan fingerprint density at radius 2 is 1.91 bits per heavy atom. The van der Waals surface area contributed by atoms with Crippen LogP contribution in [0.3, 0.4) is 0 Å². The minimum atomic E-state index is -3.60. The molecule has 3 aliphatic rings. The van der Waals surface area contributed by atoms with Crippen LogP contribution in [0.4, 0.5) is 0 Å². The third-order valence-electron chi connectivity index (χ3n) is 7.33. The molecule has 176 valence electrons. The Morgan fingerprint density at radius 1 is 1.15 bits per heavy atom. The molecule has 1 aliphatic carbocycles. The second-order valence-corrected chi connectivity index (χ2v) is 11.1. The molecular formula is C24H31N5O3S. The van der Waals surface area contributed by atoms with Crippen molar-refractivity contribution < 1.29 is 13.2 Å². The molecule has 9 heteroatoms. The van der Waals surface area contributed by atoms with Gasteiger partial charge in [-0.3, -0.25) is 14.5 Å². The topological polar surface area (TPSA) is 95.8 Å². The largest absolute Gasteiger partial charge is 0.329 e. The molecule has 0 bridgehead atoms. The van der Waals surface area contributed by atoms with Crippen molar-refractivity contribution in [3.8, 4) is 0 Å². The Hall–Kier alpha value is -2.65. The van der Waals surface area contributed by atoms with E-state index in [1.165, 1.54) is 29.0 Å². The average Bonchev–Trinajstić information content (AvgIpc) is 3.40. The summed E-state index contributed by atoms with van der Waals surface area (Å²) >= 11 is 0. The fraction of sp³-hybridized carbons (Fsp3) is 0.500. The molecule has 0 radical (unpaired) electrons. The maximum Gasteiger partial charge on any atom is 0.253 e. The van der Waals surface area contributed by atoms with Gasteiger partial charge in [0.1, 0.15) is 11.4 Å². The van der Waals surface area contributed by atoms with Gasteiger partial charge in [0, 0.05) is 43.0 Å². The van der Waals surface area contributed by atoms with Gasteiger partial charge in [-0.05, 0) is 49.5 Å². The van der Waals surface area contributed by atoms with Gasteiger partial charge in [0.15, 0.2) is 0 Å². The first-order valence-corrected chi connectivity index (χ1v) is 13.3. The lowest BCUT2D eigenvalue weighted by molar-refractivity contribution is -0.124. The van der Waals surface area contributed by atoms with Crippen LogP contribution in [0.15, 0.2) is 40.9 Å². The zero-order valence-corrected chi connectivity index (χ0v) is 19.8. The zero-order valence-electron chi connectivity index (χ0n) is 19.0. The molecule has 1 aromatic carbocycles. The summed E-state index contributed by atoms with van der Waals surface area (Å²) in [5.41, 5.74) is 4.10. The second-order valence-electron chi connectivity index (χ2n) is 9.25. The van der Waals surface area contributed by atoms with Crippen molar-refractivity contribution in [1.29, 1.82) is 0 Å². The van der Waals surface area contributed by atoms with Crippen LogP contribution in [0, 0.1) is 5.92 Å². The molecule has 3 heterocycles. The van der Waals surface area contributed by atoms with Gasteiger partial charge in [-0.15, -0.1) is 0 Å². The summed E-state index contributed by atoms with van der Waals surface area (Å²) in [6, 6.07) is 7.76. The molecule has 1 aromatic heterocycles. The number of sulfonamides is 1. The van der Waals surface area contributed by atoms with Gasteiger partial charge in [-0.2, -0.15) is 4.31 Å². The number of aromatic nitrogens is 1. The van der Waals surface area contributed by atoms with Gasteiger partial charge in [-0.25, -0.2) is 8.42 Å². The lowest BCUT2D eigenvalue weighted by atomic mass is 9.88. The smallest absolute Gasteiger partial charge is 0.253 e. The van der Waals surface area contributed by atoms with E-state index in [9.17, 15) is 13.2 Å². The highest BCUT2D eigenvalue weighted by atomic mass is 32.2. The predicted octanol–water partition coefficient (Wildman–Crippen LogP) is 3.06. The summed E-state index contributed by atoms with van der Waals surface area (Å²) < 4.78 is 29.4. The van der Waals surface area contributed by atoms with E-state index in [0.29, 0.717) is 31.8 Å². The highest BCUT2D eigenvalue weighted by Gasteiger charge is 2.48. The van der Waals surface area contributed by atoms with Gasteiger partial charge in [0.05, 0.1) is 5.52 Å².